The Balaban J connectivity index is 0.000000181. The second kappa shape index (κ2) is 55.7. The second-order valence-electron chi connectivity index (χ2n) is 38.5. The molecule has 782 valence electrons. The number of hydrogen-bond acceptors (Lipinski definition) is 33. The van der Waals surface area contributed by atoms with E-state index in [1.807, 2.05) is 142 Å². The topological polar surface area (TPSA) is 434 Å². The van der Waals surface area contributed by atoms with Crippen LogP contribution in [0.4, 0.5) is 28.1 Å². The van der Waals surface area contributed by atoms with E-state index in [9.17, 15) is 19.5 Å². The number of nitrogens with one attached hydrogen (secondary N) is 3. The largest absolute Gasteiger partial charge is 0.497 e. The summed E-state index contributed by atoms with van der Waals surface area (Å²) in [7, 11) is 6.64. The van der Waals surface area contributed by atoms with Gasteiger partial charge in [-0.2, -0.15) is 19.9 Å². The van der Waals surface area contributed by atoms with E-state index in [4.69, 9.17) is 74.1 Å². The van der Waals surface area contributed by atoms with E-state index in [-0.39, 0.29) is 48.0 Å². The Bertz CT molecular complexity index is 5620. The van der Waals surface area contributed by atoms with Crippen LogP contribution in [0.5, 0.6) is 47.0 Å². The Morgan fingerprint density at radius 2 is 0.792 bits per heavy atom. The van der Waals surface area contributed by atoms with Gasteiger partial charge >= 0.3 is 30.1 Å². The zero-order valence-corrected chi connectivity index (χ0v) is 87.6. The number of nitrogen functional groups attached to an aromatic ring is 2. The van der Waals surface area contributed by atoms with Crippen molar-refractivity contribution in [1.29, 1.82) is 0 Å². The predicted molar refractivity (Wildman–Crippen MR) is 556 cm³/mol. The number of imidazole rings is 4. The molecule has 1 amide bonds. The summed E-state index contributed by atoms with van der Waals surface area (Å²) in [4.78, 5) is 74.8. The molecule has 0 aliphatic carbocycles. The fourth-order valence-corrected chi connectivity index (χ4v) is 17.1. The number of rotatable bonds is 38. The normalized spacial score (nSPS) is 14.6. The number of aliphatic hydroxyl groups excluding tert-OH is 1. The lowest BCUT2D eigenvalue weighted by Gasteiger charge is -2.35. The number of fused-ring (bicyclic) bond motifs is 4. The molecule has 0 spiro atoms. The molecule has 0 radical (unpaired) electrons. The van der Waals surface area contributed by atoms with Gasteiger partial charge in [-0.3, -0.25) is 4.79 Å². The summed E-state index contributed by atoms with van der Waals surface area (Å²) in [5.41, 5.74) is 20.7. The highest BCUT2D eigenvalue weighted by molar-refractivity contribution is 5.69. The van der Waals surface area contributed by atoms with E-state index < -0.39 is 11.7 Å². The highest BCUT2D eigenvalue weighted by Gasteiger charge is 2.35. The van der Waals surface area contributed by atoms with Crippen LogP contribution in [0.25, 0.3) is 22.6 Å². The third kappa shape index (κ3) is 33.0. The minimum Gasteiger partial charge on any atom is -0.497 e. The summed E-state index contributed by atoms with van der Waals surface area (Å²) in [6.45, 7) is 37.9. The van der Waals surface area contributed by atoms with Crippen LogP contribution in [0.1, 0.15) is 245 Å². The van der Waals surface area contributed by atoms with Crippen molar-refractivity contribution >= 4 is 64.7 Å². The minimum atomic E-state index is -0.865. The zero-order valence-electron chi connectivity index (χ0n) is 87.6. The standard InChI is InChI=1S/C37H50N6O6.C26H31N5O3.2C16H26N6O.C6H11NO.C5H10O2/c1-8-28(9-2)48-35-39-34(42(23-25-10-14-29(46-6)15-11-25)24-26-12-16-30(47-7)17-13-26)33-38-22-31(43(33)40-35)32(44)27-18-20-41(21-19-27)36(45)49-37(3,4)5;1-5-21(6-2)34-26-28-25(24-27-15-16-31(24)29-26)30(17-19-7-11-22(32-3)12-8-19)18-20-9-13-23(33-4)14-10-20;2*1-3-13(4-2)23-16-20-14(17)15-19-10-12(22(15)21-16)9-11-5-7-18-8-6-11;8-5-6-1-3-7-4-2-6;1-5(2,3)7-4-6/h10-17,22,27-28,32,44H,8-9,18-21,23-24H2,1-7H3;7-16,21H,5-6,17-18H2,1-4H3;2*10-11,13,18H,3-9H2,1-2H3,(H2,17,20,21);5-7H,1-4H2;4H,1-3H3. The third-order valence-electron chi connectivity index (χ3n) is 25.7. The number of amides is 1. The van der Waals surface area contributed by atoms with Gasteiger partial charge in [0.1, 0.15) is 71.0 Å². The number of likely N-dealkylation sites (tertiary alicyclic amines) is 1. The van der Waals surface area contributed by atoms with Crippen molar-refractivity contribution in [1.82, 2.24) is 99.2 Å². The van der Waals surface area contributed by atoms with Crippen molar-refractivity contribution < 1.29 is 66.9 Å². The van der Waals surface area contributed by atoms with Crippen LogP contribution in [0.15, 0.2) is 128 Å². The summed E-state index contributed by atoms with van der Waals surface area (Å²) in [5.74, 6) is 6.81. The zero-order chi connectivity index (χ0) is 103. The van der Waals surface area contributed by atoms with E-state index in [2.05, 4.69) is 150 Å². The van der Waals surface area contributed by atoms with Gasteiger partial charge in [-0.05, 0) is 285 Å². The lowest BCUT2D eigenvalue weighted by molar-refractivity contribution is -0.138. The molecule has 4 saturated heterocycles. The average molecular weight is 1990 g/mol. The molecule has 8 aromatic heterocycles. The Kier molecular flexibility index (Phi) is 43.0. The first-order chi connectivity index (χ1) is 69.5. The van der Waals surface area contributed by atoms with Crippen LogP contribution in [-0.2, 0) is 58.1 Å². The Morgan fingerprint density at radius 3 is 1.12 bits per heavy atom. The Labute approximate surface area is 846 Å². The average Bonchev–Trinajstić information content (AvgIpc) is 1.60. The number of hydrogen-bond donors (Lipinski definition) is 6. The number of carbonyl (C=O) groups is 3. The van der Waals surface area contributed by atoms with E-state index in [0.717, 1.165) is 179 Å². The van der Waals surface area contributed by atoms with Gasteiger partial charge in [0, 0.05) is 57.6 Å². The maximum Gasteiger partial charge on any atom is 0.410 e. The van der Waals surface area contributed by atoms with Crippen LogP contribution in [-0.4, -0.2) is 224 Å². The number of carbonyl (C=O) groups excluding carboxylic acids is 3. The molecular formula is C106H154N24O14. The van der Waals surface area contributed by atoms with Crippen molar-refractivity contribution in [2.45, 2.75) is 280 Å². The summed E-state index contributed by atoms with van der Waals surface area (Å²) < 4.78 is 62.7. The number of nitrogens with zero attached hydrogens (tertiary/aromatic N) is 19. The lowest BCUT2D eigenvalue weighted by Crippen LogP contribution is -2.42. The van der Waals surface area contributed by atoms with Crippen molar-refractivity contribution in [3.05, 3.63) is 167 Å². The maximum absolute atomic E-state index is 12.7. The number of aldehydes is 1. The first-order valence-electron chi connectivity index (χ1n) is 51.1. The molecule has 4 aliphatic heterocycles. The lowest BCUT2D eigenvalue weighted by atomic mass is 9.90. The van der Waals surface area contributed by atoms with Gasteiger partial charge in [-0.15, -0.1) is 20.4 Å². The van der Waals surface area contributed by atoms with Gasteiger partial charge in [0.15, 0.2) is 45.9 Å². The molecule has 4 fully saturated rings. The van der Waals surface area contributed by atoms with Crippen LogP contribution in [0.2, 0.25) is 0 Å². The van der Waals surface area contributed by atoms with Gasteiger partial charge in [0.05, 0.1) is 64.1 Å². The monoisotopic (exact) mass is 1990 g/mol. The SMILES string of the molecule is CC(C)(C)OC=O.CCC(CC)Oc1nc(N(Cc2ccc(OC)cc2)Cc2ccc(OC)cc2)c2ncc(C(O)C3CCN(C(=O)OC(C)(C)C)CC3)n2n1.CCC(CC)Oc1nc(N(Cc2ccc(OC)cc2)Cc2ccc(OC)cc2)c2nccn2n1.CCC(CC)Oc1nc(N)c2ncc(CC3CCNCC3)n2n1.CCC(CC)Oc1nc(N)c2ncc(CC3CCNCC3)n2n1.O=CC1CCNCC1. The molecule has 38 nitrogen and oxygen atoms in total. The smallest absolute Gasteiger partial charge is 0.410 e. The molecule has 8 N–H and O–H groups in total. The van der Waals surface area contributed by atoms with Gasteiger partial charge < -0.3 is 99.4 Å². The van der Waals surface area contributed by atoms with Gasteiger partial charge in [0.2, 0.25) is 0 Å². The van der Waals surface area contributed by atoms with Gasteiger partial charge in [-0.25, -0.2) is 42.8 Å². The van der Waals surface area contributed by atoms with Crippen LogP contribution in [0, 0.1) is 23.7 Å². The molecule has 16 rings (SSSR count). The van der Waals surface area contributed by atoms with Crippen molar-refractivity contribution in [2.75, 3.05) is 102 Å². The summed E-state index contributed by atoms with van der Waals surface area (Å²) >= 11 is 0. The van der Waals surface area contributed by atoms with E-state index in [1.165, 1.54) is 25.7 Å². The van der Waals surface area contributed by atoms with Crippen LogP contribution in [0.3, 0.4) is 0 Å². The molecule has 4 aliphatic rings. The molecular weight excluding hydrogens is 1830 g/mol. The molecule has 4 aromatic carbocycles. The highest BCUT2D eigenvalue weighted by Crippen LogP contribution is 2.37. The number of piperidine rings is 4. The van der Waals surface area contributed by atoms with Crippen molar-refractivity contribution in [2.24, 2.45) is 23.7 Å². The predicted octanol–water partition coefficient (Wildman–Crippen LogP) is 16.3. The van der Waals surface area contributed by atoms with Gasteiger partial charge in [-0.1, -0.05) is 104 Å². The first kappa shape index (κ1) is 111. The maximum atomic E-state index is 12.7. The summed E-state index contributed by atoms with van der Waals surface area (Å²) in [6, 6.07) is 33.2. The molecule has 144 heavy (non-hydrogen) atoms. The third-order valence-corrected chi connectivity index (χ3v) is 25.7. The number of benzene rings is 4. The number of ether oxygens (including phenoxy) is 10. The number of aliphatic hydroxyl groups is 1. The fourth-order valence-electron chi connectivity index (χ4n) is 17.1. The Morgan fingerprint density at radius 1 is 0.444 bits per heavy atom. The number of methoxy groups -OCH3 is 4. The fraction of sp³-hybridized carbons (Fsp3) is 0.557. The van der Waals surface area contributed by atoms with Crippen molar-refractivity contribution in [3.63, 3.8) is 0 Å². The van der Waals surface area contributed by atoms with Crippen LogP contribution >= 0.6 is 0 Å². The first-order valence-corrected chi connectivity index (χ1v) is 51.1. The summed E-state index contributed by atoms with van der Waals surface area (Å²) in [5, 5.41) is 40.1. The number of anilines is 4. The second-order valence-corrected chi connectivity index (χ2v) is 38.5. The minimum absolute atomic E-state index is 0.0606. The summed E-state index contributed by atoms with van der Waals surface area (Å²) in [6.07, 6.45) is 26.1. The quantitative estimate of drug-likeness (QED) is 0.0196. The number of nitrogens with two attached hydrogens (primary N) is 2. The number of aromatic nitrogens is 16. The highest BCUT2D eigenvalue weighted by atomic mass is 16.6. The molecule has 12 heterocycles. The van der Waals surface area contributed by atoms with E-state index >= 15 is 0 Å². The molecule has 1 unspecified atom stereocenters. The Hall–Kier alpha value is -13.1. The van der Waals surface area contributed by atoms with E-state index in [1.54, 1.807) is 54.8 Å². The van der Waals surface area contributed by atoms with Crippen LogP contribution < -0.4 is 75.1 Å². The van der Waals surface area contributed by atoms with Crippen molar-refractivity contribution in [3.8, 4) is 47.0 Å². The molecule has 0 saturated carbocycles. The van der Waals surface area contributed by atoms with Gasteiger partial charge in [0.25, 0.3) is 6.47 Å². The van der Waals surface area contributed by atoms with E-state index in [0.29, 0.717) is 146 Å². The molecule has 1 atom stereocenters. The molecule has 0 bridgehead atoms. The molecule has 12 aromatic rings. The molecule has 38 heteroatoms.